The van der Waals surface area contributed by atoms with Crippen molar-refractivity contribution in [3.05, 3.63) is 24.4 Å². The smallest absolute Gasteiger partial charge is 0.320 e. The molecule has 0 saturated heterocycles. The number of nitrogens with two attached hydrogens (primary N) is 1. The minimum Gasteiger partial charge on any atom is -0.384 e. The maximum atomic E-state index is 11.9. The SMILES string of the molecule is Cn1nc(NC(=O)NCCOCC2CC2)cc1-c1ccc(N)nc1. The van der Waals surface area contributed by atoms with Crippen LogP contribution in [0.3, 0.4) is 0 Å². The number of pyridine rings is 1. The molecule has 0 aromatic carbocycles. The fourth-order valence-corrected chi connectivity index (χ4v) is 2.29. The molecule has 0 unspecified atom stereocenters. The summed E-state index contributed by atoms with van der Waals surface area (Å²) in [5.41, 5.74) is 7.31. The van der Waals surface area contributed by atoms with Gasteiger partial charge >= 0.3 is 6.03 Å². The Balaban J connectivity index is 1.48. The maximum Gasteiger partial charge on any atom is 0.320 e. The van der Waals surface area contributed by atoms with E-state index in [1.807, 2.05) is 6.07 Å². The molecule has 0 aliphatic heterocycles. The first-order valence-corrected chi connectivity index (χ1v) is 8.00. The Morgan fingerprint density at radius 3 is 3.00 bits per heavy atom. The third-order valence-electron chi connectivity index (χ3n) is 3.79. The van der Waals surface area contributed by atoms with Gasteiger partial charge in [-0.1, -0.05) is 0 Å². The second-order valence-corrected chi connectivity index (χ2v) is 5.91. The van der Waals surface area contributed by atoms with Crippen molar-refractivity contribution in [2.75, 3.05) is 30.8 Å². The van der Waals surface area contributed by atoms with Gasteiger partial charge in [0.15, 0.2) is 5.82 Å². The average Bonchev–Trinajstić information content (AvgIpc) is 3.30. The lowest BCUT2D eigenvalue weighted by Gasteiger charge is -2.06. The second kappa shape index (κ2) is 7.31. The monoisotopic (exact) mass is 330 g/mol. The van der Waals surface area contributed by atoms with Gasteiger partial charge in [-0.2, -0.15) is 5.10 Å². The zero-order valence-electron chi connectivity index (χ0n) is 13.7. The van der Waals surface area contributed by atoms with Gasteiger partial charge in [0.25, 0.3) is 0 Å². The van der Waals surface area contributed by atoms with Crippen molar-refractivity contribution >= 4 is 17.7 Å². The summed E-state index contributed by atoms with van der Waals surface area (Å²) < 4.78 is 7.15. The summed E-state index contributed by atoms with van der Waals surface area (Å²) in [6.45, 7) is 1.79. The van der Waals surface area contributed by atoms with Crippen molar-refractivity contribution in [1.82, 2.24) is 20.1 Å². The molecule has 0 spiro atoms. The van der Waals surface area contributed by atoms with Crippen molar-refractivity contribution < 1.29 is 9.53 Å². The van der Waals surface area contributed by atoms with Crippen molar-refractivity contribution in [3.8, 4) is 11.3 Å². The number of rotatable bonds is 7. The number of amides is 2. The first kappa shape index (κ1) is 16.3. The van der Waals surface area contributed by atoms with Gasteiger partial charge in [0.05, 0.1) is 12.3 Å². The molecule has 2 aromatic heterocycles. The van der Waals surface area contributed by atoms with Crippen LogP contribution in [0.5, 0.6) is 0 Å². The fourth-order valence-electron chi connectivity index (χ4n) is 2.29. The number of hydrogen-bond donors (Lipinski definition) is 3. The van der Waals surface area contributed by atoms with E-state index in [4.69, 9.17) is 10.5 Å². The van der Waals surface area contributed by atoms with E-state index in [9.17, 15) is 4.79 Å². The number of anilines is 2. The third kappa shape index (κ3) is 4.45. The quantitative estimate of drug-likeness (QED) is 0.669. The molecule has 2 aromatic rings. The van der Waals surface area contributed by atoms with E-state index < -0.39 is 0 Å². The van der Waals surface area contributed by atoms with E-state index in [1.165, 1.54) is 12.8 Å². The third-order valence-corrected chi connectivity index (χ3v) is 3.79. The van der Waals surface area contributed by atoms with Gasteiger partial charge in [-0.15, -0.1) is 0 Å². The average molecular weight is 330 g/mol. The Hall–Kier alpha value is -2.61. The molecule has 24 heavy (non-hydrogen) atoms. The van der Waals surface area contributed by atoms with Gasteiger partial charge in [-0.25, -0.2) is 9.78 Å². The number of nitrogens with zero attached hydrogens (tertiary/aromatic N) is 3. The Labute approximate surface area is 140 Å². The molecule has 2 heterocycles. The molecule has 1 aliphatic rings. The molecular formula is C16H22N6O2. The second-order valence-electron chi connectivity index (χ2n) is 5.91. The van der Waals surface area contributed by atoms with Crippen LogP contribution in [0, 0.1) is 5.92 Å². The van der Waals surface area contributed by atoms with Gasteiger partial charge in [0, 0.05) is 38.0 Å². The number of aromatic nitrogens is 3. The molecule has 1 fully saturated rings. The van der Waals surface area contributed by atoms with Crippen molar-refractivity contribution in [3.63, 3.8) is 0 Å². The number of urea groups is 1. The lowest BCUT2D eigenvalue weighted by Crippen LogP contribution is -2.31. The van der Waals surface area contributed by atoms with Crippen LogP contribution in [0.2, 0.25) is 0 Å². The first-order chi connectivity index (χ1) is 11.6. The highest BCUT2D eigenvalue weighted by atomic mass is 16.5. The number of nitrogens with one attached hydrogen (secondary N) is 2. The molecule has 8 nitrogen and oxygen atoms in total. The molecule has 128 valence electrons. The van der Waals surface area contributed by atoms with Crippen LogP contribution in [-0.4, -0.2) is 40.6 Å². The zero-order chi connectivity index (χ0) is 16.9. The summed E-state index contributed by atoms with van der Waals surface area (Å²) in [7, 11) is 1.81. The molecule has 4 N–H and O–H groups in total. The van der Waals surface area contributed by atoms with E-state index in [0.29, 0.717) is 24.8 Å². The number of hydrogen-bond acceptors (Lipinski definition) is 5. The molecule has 0 atom stereocenters. The highest BCUT2D eigenvalue weighted by molar-refractivity contribution is 5.88. The normalized spacial score (nSPS) is 13.7. The van der Waals surface area contributed by atoms with Gasteiger partial charge < -0.3 is 15.8 Å². The minimum atomic E-state index is -0.301. The predicted octanol–water partition coefficient (Wildman–Crippen LogP) is 1.61. The zero-order valence-corrected chi connectivity index (χ0v) is 13.7. The van der Waals surface area contributed by atoms with Crippen molar-refractivity contribution in [2.24, 2.45) is 13.0 Å². The highest BCUT2D eigenvalue weighted by Gasteiger charge is 2.20. The minimum absolute atomic E-state index is 0.301. The van der Waals surface area contributed by atoms with Crippen molar-refractivity contribution in [1.29, 1.82) is 0 Å². The van der Waals surface area contributed by atoms with Crippen LogP contribution in [0.25, 0.3) is 11.3 Å². The number of aryl methyl sites for hydroxylation is 1. The Kier molecular flexibility index (Phi) is 4.95. The van der Waals surface area contributed by atoms with Crippen molar-refractivity contribution in [2.45, 2.75) is 12.8 Å². The lowest BCUT2D eigenvalue weighted by molar-refractivity contribution is 0.127. The lowest BCUT2D eigenvalue weighted by atomic mass is 10.2. The summed E-state index contributed by atoms with van der Waals surface area (Å²) >= 11 is 0. The van der Waals surface area contributed by atoms with Gasteiger partial charge in [-0.3, -0.25) is 10.00 Å². The van der Waals surface area contributed by atoms with Gasteiger partial charge in [0.2, 0.25) is 0 Å². The number of carbonyl (C=O) groups excluding carboxylic acids is 1. The molecule has 0 radical (unpaired) electrons. The molecule has 3 rings (SSSR count). The van der Waals surface area contributed by atoms with Gasteiger partial charge in [0.1, 0.15) is 5.82 Å². The summed E-state index contributed by atoms with van der Waals surface area (Å²) in [6.07, 6.45) is 4.20. The highest BCUT2D eigenvalue weighted by Crippen LogP contribution is 2.28. The summed E-state index contributed by atoms with van der Waals surface area (Å²) in [5.74, 6) is 1.66. The Bertz CT molecular complexity index is 693. The maximum absolute atomic E-state index is 11.9. The van der Waals surface area contributed by atoms with E-state index in [0.717, 1.165) is 23.8 Å². The Morgan fingerprint density at radius 1 is 1.46 bits per heavy atom. The van der Waals surface area contributed by atoms with Crippen LogP contribution in [0.4, 0.5) is 16.4 Å². The van der Waals surface area contributed by atoms with E-state index in [1.54, 1.807) is 30.1 Å². The fraction of sp³-hybridized carbons (Fsp3) is 0.438. The van der Waals surface area contributed by atoms with Crippen LogP contribution in [-0.2, 0) is 11.8 Å². The van der Waals surface area contributed by atoms with E-state index in [-0.39, 0.29) is 6.03 Å². The summed E-state index contributed by atoms with van der Waals surface area (Å²) in [4.78, 5) is 15.9. The van der Waals surface area contributed by atoms with Crippen LogP contribution in [0.15, 0.2) is 24.4 Å². The first-order valence-electron chi connectivity index (χ1n) is 8.00. The number of nitrogen functional groups attached to an aromatic ring is 1. The topological polar surface area (TPSA) is 107 Å². The van der Waals surface area contributed by atoms with Gasteiger partial charge in [-0.05, 0) is 30.9 Å². The van der Waals surface area contributed by atoms with Crippen LogP contribution >= 0.6 is 0 Å². The molecular weight excluding hydrogens is 308 g/mol. The molecule has 8 heteroatoms. The van der Waals surface area contributed by atoms with Crippen LogP contribution < -0.4 is 16.4 Å². The van der Waals surface area contributed by atoms with Crippen LogP contribution in [0.1, 0.15) is 12.8 Å². The number of ether oxygens (including phenoxy) is 1. The molecule has 2 amide bonds. The van der Waals surface area contributed by atoms with E-state index in [2.05, 4.69) is 20.7 Å². The predicted molar refractivity (Wildman–Crippen MR) is 91.4 cm³/mol. The summed E-state index contributed by atoms with van der Waals surface area (Å²) in [5, 5.41) is 9.74. The molecule has 1 saturated carbocycles. The largest absolute Gasteiger partial charge is 0.384 e. The standard InChI is InChI=1S/C16H22N6O2/c1-22-13(12-4-5-14(17)19-9-12)8-15(21-22)20-16(23)18-6-7-24-10-11-2-3-11/h4-5,8-9,11H,2-3,6-7,10H2,1H3,(H2,17,19)(H2,18,20,21,23). The van der Waals surface area contributed by atoms with E-state index >= 15 is 0 Å². The Morgan fingerprint density at radius 2 is 2.29 bits per heavy atom. The summed E-state index contributed by atoms with van der Waals surface area (Å²) in [6, 6.07) is 5.07. The molecule has 1 aliphatic carbocycles. The number of carbonyl (C=O) groups is 1. The molecule has 0 bridgehead atoms.